The van der Waals surface area contributed by atoms with E-state index < -0.39 is 0 Å². The van der Waals surface area contributed by atoms with Gasteiger partial charge in [0.1, 0.15) is 6.33 Å². The summed E-state index contributed by atoms with van der Waals surface area (Å²) in [6, 6.07) is 6.37. The van der Waals surface area contributed by atoms with E-state index in [-0.39, 0.29) is 12.2 Å². The largest absolute Gasteiger partial charge is 0.373 e. The van der Waals surface area contributed by atoms with Crippen LogP contribution in [0.15, 0.2) is 24.5 Å². The second-order valence-corrected chi connectivity index (χ2v) is 6.87. The first-order valence-corrected chi connectivity index (χ1v) is 8.45. The first kappa shape index (κ1) is 16.4. The Kier molecular flexibility index (Phi) is 4.66. The smallest absolute Gasteiger partial charge is 0.203 e. The van der Waals surface area contributed by atoms with Gasteiger partial charge in [-0.2, -0.15) is 5.10 Å². The molecular formula is C17H24N4OS. The van der Waals surface area contributed by atoms with E-state index in [1.54, 1.807) is 0 Å². The maximum absolute atomic E-state index is 5.78. The number of ether oxygens (including phenoxy) is 1. The van der Waals surface area contributed by atoms with Crippen molar-refractivity contribution in [2.45, 2.75) is 46.6 Å². The second kappa shape index (κ2) is 6.55. The molecule has 5 nitrogen and oxygen atoms in total. The molecule has 2 heterocycles. The van der Waals surface area contributed by atoms with E-state index in [1.165, 1.54) is 11.1 Å². The molecule has 0 aliphatic carbocycles. The minimum atomic E-state index is 0.245. The molecule has 6 heteroatoms. The predicted octanol–water partition coefficient (Wildman–Crippen LogP) is 3.09. The van der Waals surface area contributed by atoms with Crippen LogP contribution in [0.3, 0.4) is 0 Å². The number of benzene rings is 1. The lowest BCUT2D eigenvalue weighted by atomic mass is 10.1. The molecule has 1 aromatic carbocycles. The zero-order chi connectivity index (χ0) is 16.6. The summed E-state index contributed by atoms with van der Waals surface area (Å²) in [6.07, 6.45) is 2.30. The number of aryl methyl sites for hydroxylation is 2. The number of nitrogens with zero attached hydrogens (tertiary/aromatic N) is 4. The summed E-state index contributed by atoms with van der Waals surface area (Å²) >= 11 is 5.63. The Morgan fingerprint density at radius 1 is 1.22 bits per heavy atom. The third kappa shape index (κ3) is 3.54. The monoisotopic (exact) mass is 332 g/mol. The van der Waals surface area contributed by atoms with Crippen LogP contribution < -0.4 is 0 Å². The van der Waals surface area contributed by atoms with Crippen LogP contribution in [0, 0.1) is 18.6 Å². The molecule has 2 atom stereocenters. The van der Waals surface area contributed by atoms with E-state index in [2.05, 4.69) is 55.9 Å². The lowest BCUT2D eigenvalue weighted by molar-refractivity contribution is -0.0777. The van der Waals surface area contributed by atoms with E-state index in [4.69, 9.17) is 17.0 Å². The fourth-order valence-electron chi connectivity index (χ4n) is 3.26. The molecule has 1 aliphatic rings. The minimum Gasteiger partial charge on any atom is -0.373 e. The van der Waals surface area contributed by atoms with E-state index in [0.717, 1.165) is 23.5 Å². The van der Waals surface area contributed by atoms with Gasteiger partial charge in [-0.1, -0.05) is 17.7 Å². The molecule has 0 N–H and O–H groups in total. The molecule has 0 radical (unpaired) electrons. The van der Waals surface area contributed by atoms with Crippen molar-refractivity contribution in [2.24, 2.45) is 0 Å². The molecule has 23 heavy (non-hydrogen) atoms. The van der Waals surface area contributed by atoms with Crippen LogP contribution in [0.4, 0.5) is 0 Å². The second-order valence-electron chi connectivity index (χ2n) is 6.51. The number of hydrogen-bond donors (Lipinski definition) is 0. The summed E-state index contributed by atoms with van der Waals surface area (Å²) in [5, 5.41) is 4.49. The lowest BCUT2D eigenvalue weighted by Gasteiger charge is -2.34. The van der Waals surface area contributed by atoms with Gasteiger partial charge in [0.05, 0.1) is 24.6 Å². The zero-order valence-corrected chi connectivity index (χ0v) is 15.0. The molecule has 2 aromatic rings. The highest BCUT2D eigenvalue weighted by atomic mass is 32.1. The van der Waals surface area contributed by atoms with E-state index in [0.29, 0.717) is 6.67 Å². The Hall–Kier alpha value is -1.50. The summed E-state index contributed by atoms with van der Waals surface area (Å²) in [4.78, 5) is 2.34. The van der Waals surface area contributed by atoms with Gasteiger partial charge in [-0.25, -0.2) is 4.68 Å². The molecule has 124 valence electrons. The Morgan fingerprint density at radius 2 is 1.91 bits per heavy atom. The van der Waals surface area contributed by atoms with Gasteiger partial charge in [0.25, 0.3) is 0 Å². The van der Waals surface area contributed by atoms with E-state index >= 15 is 0 Å². The zero-order valence-electron chi connectivity index (χ0n) is 14.2. The van der Waals surface area contributed by atoms with Gasteiger partial charge in [0.2, 0.25) is 4.77 Å². The van der Waals surface area contributed by atoms with Crippen molar-refractivity contribution in [2.75, 3.05) is 13.1 Å². The van der Waals surface area contributed by atoms with Gasteiger partial charge in [0, 0.05) is 13.1 Å². The summed E-state index contributed by atoms with van der Waals surface area (Å²) in [5.74, 6) is 0. The van der Waals surface area contributed by atoms with Crippen LogP contribution in [0.25, 0.3) is 5.69 Å². The number of morpholine rings is 1. The summed E-state index contributed by atoms with van der Waals surface area (Å²) < 4.78 is 10.4. The first-order chi connectivity index (χ1) is 10.9. The van der Waals surface area contributed by atoms with Crippen molar-refractivity contribution in [3.63, 3.8) is 0 Å². The Bertz CT molecular complexity index is 741. The van der Waals surface area contributed by atoms with Crippen molar-refractivity contribution < 1.29 is 4.74 Å². The molecule has 0 spiro atoms. The molecule has 0 unspecified atom stereocenters. The van der Waals surface area contributed by atoms with Crippen molar-refractivity contribution in [1.29, 1.82) is 0 Å². The Labute approximate surface area is 142 Å². The fourth-order valence-corrected chi connectivity index (χ4v) is 3.51. The van der Waals surface area contributed by atoms with Gasteiger partial charge in [-0.3, -0.25) is 9.47 Å². The quantitative estimate of drug-likeness (QED) is 0.809. The maximum Gasteiger partial charge on any atom is 0.203 e. The average Bonchev–Trinajstić information content (AvgIpc) is 2.79. The van der Waals surface area contributed by atoms with Crippen LogP contribution in [0.1, 0.15) is 25.0 Å². The molecule has 1 aliphatic heterocycles. The minimum absolute atomic E-state index is 0.245. The number of hydrogen-bond acceptors (Lipinski definition) is 4. The Balaban J connectivity index is 1.83. The van der Waals surface area contributed by atoms with Crippen molar-refractivity contribution >= 4 is 12.2 Å². The van der Waals surface area contributed by atoms with Gasteiger partial charge in [-0.15, -0.1) is 0 Å². The summed E-state index contributed by atoms with van der Waals surface area (Å²) in [5.41, 5.74) is 3.55. The van der Waals surface area contributed by atoms with Crippen molar-refractivity contribution in [1.82, 2.24) is 19.2 Å². The SMILES string of the molecule is Cc1ccc(-n2cnn(CN3C[C@H](C)O[C@@H](C)C3)c2=S)c(C)c1. The van der Waals surface area contributed by atoms with E-state index in [9.17, 15) is 0 Å². The first-order valence-electron chi connectivity index (χ1n) is 8.04. The molecule has 0 saturated carbocycles. The standard InChI is InChI=1S/C17H24N4OS/c1-12-5-6-16(13(2)7-12)20-10-18-21(17(20)23)11-19-8-14(3)22-15(4)9-19/h5-7,10,14-15H,8-9,11H2,1-4H3/t14-,15-/m0/s1. The number of rotatable bonds is 3. The third-order valence-electron chi connectivity index (χ3n) is 4.17. The topological polar surface area (TPSA) is 35.2 Å². The molecular weight excluding hydrogens is 308 g/mol. The maximum atomic E-state index is 5.78. The molecule has 0 amide bonds. The Morgan fingerprint density at radius 3 is 2.57 bits per heavy atom. The molecule has 1 saturated heterocycles. The van der Waals surface area contributed by atoms with Crippen molar-refractivity contribution in [3.8, 4) is 5.69 Å². The average molecular weight is 332 g/mol. The van der Waals surface area contributed by atoms with Crippen LogP contribution in [-0.4, -0.2) is 44.5 Å². The van der Waals surface area contributed by atoms with Crippen LogP contribution in [-0.2, 0) is 11.4 Å². The van der Waals surface area contributed by atoms with Gasteiger partial charge >= 0.3 is 0 Å². The highest BCUT2D eigenvalue weighted by Gasteiger charge is 2.22. The van der Waals surface area contributed by atoms with Gasteiger partial charge < -0.3 is 4.74 Å². The van der Waals surface area contributed by atoms with Crippen LogP contribution in [0.2, 0.25) is 0 Å². The lowest BCUT2D eigenvalue weighted by Crippen LogP contribution is -2.46. The molecule has 1 aromatic heterocycles. The van der Waals surface area contributed by atoms with Crippen LogP contribution >= 0.6 is 12.2 Å². The van der Waals surface area contributed by atoms with Gasteiger partial charge in [-0.05, 0) is 51.5 Å². The number of aromatic nitrogens is 3. The highest BCUT2D eigenvalue weighted by Crippen LogP contribution is 2.17. The molecule has 0 bridgehead atoms. The van der Waals surface area contributed by atoms with E-state index in [1.807, 2.05) is 15.6 Å². The summed E-state index contributed by atoms with van der Waals surface area (Å²) in [6.45, 7) is 10.9. The summed E-state index contributed by atoms with van der Waals surface area (Å²) in [7, 11) is 0. The predicted molar refractivity (Wildman–Crippen MR) is 93.4 cm³/mol. The molecule has 1 fully saturated rings. The highest BCUT2D eigenvalue weighted by molar-refractivity contribution is 7.71. The molecule has 3 rings (SSSR count). The van der Waals surface area contributed by atoms with Gasteiger partial charge in [0.15, 0.2) is 0 Å². The van der Waals surface area contributed by atoms with Crippen molar-refractivity contribution in [3.05, 3.63) is 40.4 Å². The fraction of sp³-hybridized carbons (Fsp3) is 0.529. The third-order valence-corrected chi connectivity index (χ3v) is 4.58. The normalized spacial score (nSPS) is 22.4. The van der Waals surface area contributed by atoms with Crippen LogP contribution in [0.5, 0.6) is 0 Å².